The summed E-state index contributed by atoms with van der Waals surface area (Å²) in [4.78, 5) is 22.5. The number of amides is 1. The molecule has 0 radical (unpaired) electrons. The number of benzene rings is 1. The molecule has 1 fully saturated rings. The summed E-state index contributed by atoms with van der Waals surface area (Å²) in [5, 5.41) is 13.7. The highest BCUT2D eigenvalue weighted by Gasteiger charge is 2.35. The van der Waals surface area contributed by atoms with Gasteiger partial charge in [0.15, 0.2) is 0 Å². The Bertz CT molecular complexity index is 584. The molecule has 0 heterocycles. The molecule has 1 aromatic carbocycles. The second-order valence-corrected chi connectivity index (χ2v) is 7.50. The highest BCUT2D eigenvalue weighted by Crippen LogP contribution is 2.39. The van der Waals surface area contributed by atoms with Crippen LogP contribution < -0.4 is 5.32 Å². The van der Waals surface area contributed by atoms with Gasteiger partial charge < -0.3 is 10.1 Å². The summed E-state index contributed by atoms with van der Waals surface area (Å²) in [6.45, 7) is 5.98. The quantitative estimate of drug-likeness (QED) is 0.656. The Kier molecular flexibility index (Phi) is 5.47. The zero-order valence-corrected chi connectivity index (χ0v) is 14.6. The maximum atomic E-state index is 12.0. The fourth-order valence-corrected chi connectivity index (χ4v) is 3.29. The van der Waals surface area contributed by atoms with E-state index >= 15 is 0 Å². The molecule has 0 atom stereocenters. The molecule has 1 aromatic rings. The average Bonchev–Trinajstić information content (AvgIpc) is 2.52. The van der Waals surface area contributed by atoms with E-state index in [-0.39, 0.29) is 11.1 Å². The van der Waals surface area contributed by atoms with Crippen LogP contribution in [0.2, 0.25) is 0 Å². The summed E-state index contributed by atoms with van der Waals surface area (Å²) < 4.78 is 5.32. The lowest BCUT2D eigenvalue weighted by Crippen LogP contribution is -2.43. The molecule has 0 aromatic heterocycles. The lowest BCUT2D eigenvalue weighted by atomic mass is 9.69. The van der Waals surface area contributed by atoms with Gasteiger partial charge in [0.1, 0.15) is 5.60 Å². The fourth-order valence-electron chi connectivity index (χ4n) is 3.29. The number of hydrogen-bond acceptors (Lipinski definition) is 4. The van der Waals surface area contributed by atoms with Gasteiger partial charge in [0.2, 0.25) is 0 Å². The van der Waals surface area contributed by atoms with E-state index in [1.165, 1.54) is 6.42 Å². The first kappa shape index (κ1) is 18.2. The van der Waals surface area contributed by atoms with Crippen molar-refractivity contribution in [2.24, 2.45) is 0 Å². The molecular weight excluding hydrogens is 308 g/mol. The van der Waals surface area contributed by atoms with Gasteiger partial charge in [-0.05, 0) is 39.2 Å². The Balaban J connectivity index is 2.14. The number of nitro groups is 1. The van der Waals surface area contributed by atoms with Gasteiger partial charge >= 0.3 is 6.09 Å². The number of nitro benzene ring substituents is 1. The molecule has 6 heteroatoms. The number of carbonyl (C=O) groups is 1. The molecule has 2 rings (SSSR count). The molecule has 6 nitrogen and oxygen atoms in total. The summed E-state index contributed by atoms with van der Waals surface area (Å²) in [6, 6.07) is 6.72. The molecule has 1 aliphatic carbocycles. The normalized spacial score (nSPS) is 17.1. The van der Waals surface area contributed by atoms with Crippen molar-refractivity contribution in [2.75, 3.05) is 6.54 Å². The van der Waals surface area contributed by atoms with Crippen molar-refractivity contribution in [3.63, 3.8) is 0 Å². The average molecular weight is 334 g/mol. The molecule has 24 heavy (non-hydrogen) atoms. The smallest absolute Gasteiger partial charge is 0.407 e. The third-order valence-electron chi connectivity index (χ3n) is 4.47. The van der Waals surface area contributed by atoms with Crippen molar-refractivity contribution in [3.8, 4) is 0 Å². The highest BCUT2D eigenvalue weighted by atomic mass is 16.6. The van der Waals surface area contributed by atoms with Gasteiger partial charge in [-0.25, -0.2) is 4.79 Å². The van der Waals surface area contributed by atoms with Crippen LogP contribution in [0.15, 0.2) is 24.3 Å². The van der Waals surface area contributed by atoms with Crippen LogP contribution in [0, 0.1) is 10.1 Å². The summed E-state index contributed by atoms with van der Waals surface area (Å²) in [7, 11) is 0. The highest BCUT2D eigenvalue weighted by molar-refractivity contribution is 5.67. The molecule has 1 saturated carbocycles. The fraction of sp³-hybridized carbons (Fsp3) is 0.611. The number of ether oxygens (including phenoxy) is 1. The third-order valence-corrected chi connectivity index (χ3v) is 4.47. The van der Waals surface area contributed by atoms with E-state index in [9.17, 15) is 14.9 Å². The van der Waals surface area contributed by atoms with Crippen molar-refractivity contribution in [1.29, 1.82) is 0 Å². The predicted octanol–water partition coefficient (Wildman–Crippen LogP) is 4.32. The van der Waals surface area contributed by atoms with Gasteiger partial charge in [-0.1, -0.05) is 31.4 Å². The van der Waals surface area contributed by atoms with E-state index in [1.54, 1.807) is 12.1 Å². The van der Waals surface area contributed by atoms with Crippen LogP contribution in [-0.4, -0.2) is 23.2 Å². The molecular formula is C18H26N2O4. The molecule has 1 aliphatic rings. The molecule has 0 bridgehead atoms. The first-order valence-corrected chi connectivity index (χ1v) is 8.44. The van der Waals surface area contributed by atoms with E-state index in [1.807, 2.05) is 32.9 Å². The largest absolute Gasteiger partial charge is 0.444 e. The van der Waals surface area contributed by atoms with E-state index in [0.717, 1.165) is 31.2 Å². The van der Waals surface area contributed by atoms with Crippen LogP contribution in [0.1, 0.15) is 58.4 Å². The van der Waals surface area contributed by atoms with Crippen LogP contribution >= 0.6 is 0 Å². The minimum atomic E-state index is -0.531. The first-order chi connectivity index (χ1) is 11.2. The Morgan fingerprint density at radius 1 is 1.21 bits per heavy atom. The zero-order chi connectivity index (χ0) is 17.8. The minimum Gasteiger partial charge on any atom is -0.444 e. The van der Waals surface area contributed by atoms with Crippen LogP contribution in [0.3, 0.4) is 0 Å². The maximum absolute atomic E-state index is 12.0. The summed E-state index contributed by atoms with van der Waals surface area (Å²) in [6.07, 6.45) is 4.86. The molecule has 0 spiro atoms. The minimum absolute atomic E-state index is 0.0878. The number of rotatable bonds is 4. The molecule has 0 aliphatic heterocycles. The van der Waals surface area contributed by atoms with Crippen molar-refractivity contribution in [1.82, 2.24) is 5.32 Å². The van der Waals surface area contributed by atoms with Crippen molar-refractivity contribution >= 4 is 11.8 Å². The lowest BCUT2D eigenvalue weighted by molar-refractivity contribution is -0.384. The predicted molar refractivity (Wildman–Crippen MR) is 92.1 cm³/mol. The third kappa shape index (κ3) is 4.69. The maximum Gasteiger partial charge on any atom is 0.407 e. The number of carbonyl (C=O) groups excluding carboxylic acids is 1. The second kappa shape index (κ2) is 7.20. The van der Waals surface area contributed by atoms with Crippen molar-refractivity contribution in [3.05, 3.63) is 39.9 Å². The van der Waals surface area contributed by atoms with Crippen LogP contribution in [-0.2, 0) is 10.2 Å². The zero-order valence-electron chi connectivity index (χ0n) is 14.6. The standard InChI is InChI=1S/C18H26N2O4/c1-17(2,3)24-16(21)19-13-18(11-5-4-6-12-18)14-7-9-15(10-8-14)20(22)23/h7-10H,4-6,11-13H2,1-3H3,(H,19,21). The SMILES string of the molecule is CC(C)(C)OC(=O)NCC1(c2ccc([N+](=O)[O-])cc2)CCCCC1. The summed E-state index contributed by atoms with van der Waals surface area (Å²) in [5.41, 5.74) is 0.426. The lowest BCUT2D eigenvalue weighted by Gasteiger charge is -2.38. The van der Waals surface area contributed by atoms with E-state index in [0.29, 0.717) is 6.54 Å². The van der Waals surface area contributed by atoms with Gasteiger partial charge in [0.25, 0.3) is 5.69 Å². The Labute approximate surface area is 142 Å². The topological polar surface area (TPSA) is 81.5 Å². The molecule has 132 valence electrons. The van der Waals surface area contributed by atoms with Gasteiger partial charge in [-0.2, -0.15) is 0 Å². The number of non-ortho nitro benzene ring substituents is 1. The van der Waals surface area contributed by atoms with E-state index in [4.69, 9.17) is 4.74 Å². The number of nitrogens with zero attached hydrogens (tertiary/aromatic N) is 1. The van der Waals surface area contributed by atoms with Gasteiger partial charge in [-0.15, -0.1) is 0 Å². The van der Waals surface area contributed by atoms with Crippen LogP contribution in [0.5, 0.6) is 0 Å². The molecule has 0 unspecified atom stereocenters. The number of hydrogen-bond donors (Lipinski definition) is 1. The summed E-state index contributed by atoms with van der Waals surface area (Å²) >= 11 is 0. The van der Waals surface area contributed by atoms with E-state index in [2.05, 4.69) is 5.32 Å². The van der Waals surface area contributed by atoms with Gasteiger partial charge in [0.05, 0.1) is 4.92 Å². The monoisotopic (exact) mass is 334 g/mol. The first-order valence-electron chi connectivity index (χ1n) is 8.44. The van der Waals surface area contributed by atoms with Crippen LogP contribution in [0.25, 0.3) is 0 Å². The number of nitrogens with one attached hydrogen (secondary N) is 1. The Hall–Kier alpha value is -2.11. The Morgan fingerprint density at radius 2 is 1.79 bits per heavy atom. The number of alkyl carbamates (subject to hydrolysis) is 1. The van der Waals surface area contributed by atoms with Gasteiger partial charge in [0, 0.05) is 24.1 Å². The second-order valence-electron chi connectivity index (χ2n) is 7.50. The van der Waals surface area contributed by atoms with Crippen LogP contribution in [0.4, 0.5) is 10.5 Å². The Morgan fingerprint density at radius 3 is 2.29 bits per heavy atom. The molecule has 1 amide bonds. The molecule has 1 N–H and O–H groups in total. The molecule has 0 saturated heterocycles. The van der Waals surface area contributed by atoms with E-state index < -0.39 is 16.6 Å². The summed E-state index contributed by atoms with van der Waals surface area (Å²) in [5.74, 6) is 0. The van der Waals surface area contributed by atoms with Crippen molar-refractivity contribution in [2.45, 2.75) is 63.9 Å². The van der Waals surface area contributed by atoms with Crippen molar-refractivity contribution < 1.29 is 14.5 Å². The van der Waals surface area contributed by atoms with Gasteiger partial charge in [-0.3, -0.25) is 10.1 Å².